The van der Waals surface area contributed by atoms with Gasteiger partial charge in [-0.25, -0.2) is 8.42 Å². The Bertz CT molecular complexity index is 1100. The quantitative estimate of drug-likeness (QED) is 0.639. The van der Waals surface area contributed by atoms with E-state index in [0.717, 1.165) is 0 Å². The molecule has 0 fully saturated rings. The van der Waals surface area contributed by atoms with E-state index in [4.69, 9.17) is 0 Å². The van der Waals surface area contributed by atoms with Crippen LogP contribution in [0.5, 0.6) is 0 Å². The van der Waals surface area contributed by atoms with Crippen molar-refractivity contribution in [2.24, 2.45) is 0 Å². The number of hydrogen-bond acceptors (Lipinski definition) is 5. The molecular weight excluding hydrogens is 401 g/mol. The number of anilines is 1. The smallest absolute Gasteiger partial charge is 0.351 e. The molecule has 0 spiro atoms. The van der Waals surface area contributed by atoms with Gasteiger partial charge in [-0.1, -0.05) is 23.4 Å². The Morgan fingerprint density at radius 1 is 1.11 bits per heavy atom. The van der Waals surface area contributed by atoms with Crippen LogP contribution >= 0.6 is 11.3 Å². The number of alkyl halides is 3. The van der Waals surface area contributed by atoms with Gasteiger partial charge in [-0.15, -0.1) is 11.3 Å². The molecule has 0 saturated heterocycles. The molecule has 1 aromatic carbocycles. The Morgan fingerprint density at radius 2 is 1.78 bits per heavy atom. The maximum atomic E-state index is 13.0. The molecule has 144 valence electrons. The number of rotatable bonds is 4. The molecule has 0 aliphatic heterocycles. The first-order valence-corrected chi connectivity index (χ1v) is 10.0. The van der Waals surface area contributed by atoms with E-state index in [-0.39, 0.29) is 16.2 Å². The Labute approximate surface area is 157 Å². The Balaban J connectivity index is 2.12. The van der Waals surface area contributed by atoms with E-state index in [1.165, 1.54) is 11.3 Å². The highest BCUT2D eigenvalue weighted by atomic mass is 32.2. The summed E-state index contributed by atoms with van der Waals surface area (Å²) in [5, 5.41) is 3.45. The Kier molecular flexibility index (Phi) is 4.81. The molecule has 10 heteroatoms. The Hall–Kier alpha value is -2.33. The van der Waals surface area contributed by atoms with Crippen molar-refractivity contribution in [3.05, 3.63) is 51.4 Å². The van der Waals surface area contributed by atoms with Crippen LogP contribution in [0.1, 0.15) is 21.1 Å². The molecule has 0 atom stereocenters. The summed E-state index contributed by atoms with van der Waals surface area (Å²) in [7, 11) is -4.05. The van der Waals surface area contributed by atoms with Gasteiger partial charge in [-0.3, -0.25) is 4.72 Å². The van der Waals surface area contributed by atoms with Gasteiger partial charge in [0, 0.05) is 21.4 Å². The summed E-state index contributed by atoms with van der Waals surface area (Å²) in [5.74, 6) is -1.28. The van der Waals surface area contributed by atoms with Gasteiger partial charge in [0.05, 0.1) is 5.69 Å². The fraction of sp³-hybridized carbons (Fsp3) is 0.235. The summed E-state index contributed by atoms with van der Waals surface area (Å²) in [5.41, 5.74) is 1.04. The number of thiophene rings is 1. The molecule has 0 aliphatic carbocycles. The normalized spacial score (nSPS) is 12.4. The van der Waals surface area contributed by atoms with Crippen LogP contribution in [-0.2, 0) is 16.2 Å². The fourth-order valence-electron chi connectivity index (χ4n) is 2.69. The highest BCUT2D eigenvalue weighted by Crippen LogP contribution is 2.41. The average Bonchev–Trinajstić information content (AvgIpc) is 3.13. The van der Waals surface area contributed by atoms with Crippen LogP contribution in [0.25, 0.3) is 11.3 Å². The van der Waals surface area contributed by atoms with E-state index in [9.17, 15) is 21.6 Å². The third kappa shape index (κ3) is 3.72. The monoisotopic (exact) mass is 416 g/mol. The van der Waals surface area contributed by atoms with Gasteiger partial charge in [-0.2, -0.15) is 13.2 Å². The van der Waals surface area contributed by atoms with Gasteiger partial charge < -0.3 is 4.52 Å². The van der Waals surface area contributed by atoms with E-state index >= 15 is 0 Å². The topological polar surface area (TPSA) is 72.2 Å². The van der Waals surface area contributed by atoms with Gasteiger partial charge in [0.1, 0.15) is 10.6 Å². The number of hydrogen-bond donors (Lipinski definition) is 1. The zero-order valence-electron chi connectivity index (χ0n) is 14.5. The van der Waals surface area contributed by atoms with Crippen LogP contribution in [0.3, 0.4) is 0 Å². The zero-order chi connectivity index (χ0) is 20.0. The van der Waals surface area contributed by atoms with Crippen LogP contribution in [0, 0.1) is 20.8 Å². The number of halogens is 3. The molecule has 2 aromatic heterocycles. The fourth-order valence-corrected chi connectivity index (χ4v) is 5.70. The van der Waals surface area contributed by atoms with Gasteiger partial charge >= 0.3 is 6.18 Å². The third-order valence-corrected chi connectivity index (χ3v) is 6.60. The molecule has 0 aliphatic rings. The summed E-state index contributed by atoms with van der Waals surface area (Å²) in [6.45, 7) is 4.97. The molecule has 3 rings (SSSR count). The van der Waals surface area contributed by atoms with Crippen LogP contribution in [0.15, 0.2) is 39.8 Å². The lowest BCUT2D eigenvalue weighted by atomic mass is 10.1. The van der Waals surface area contributed by atoms with Crippen molar-refractivity contribution in [2.45, 2.75) is 31.8 Å². The van der Waals surface area contributed by atoms with Crippen LogP contribution in [0.4, 0.5) is 18.9 Å². The highest BCUT2D eigenvalue weighted by molar-refractivity contribution is 7.93. The van der Waals surface area contributed by atoms with E-state index in [1.54, 1.807) is 45.0 Å². The maximum absolute atomic E-state index is 13.0. The zero-order valence-corrected chi connectivity index (χ0v) is 16.1. The molecule has 5 nitrogen and oxygen atoms in total. The molecular formula is C17H15F3N2O3S2. The first-order valence-electron chi connectivity index (χ1n) is 7.73. The van der Waals surface area contributed by atoms with E-state index in [1.807, 2.05) is 0 Å². The number of nitrogens with zero attached hydrogens (tertiary/aromatic N) is 1. The predicted octanol–water partition coefficient (Wildman–Crippen LogP) is 5.15. The van der Waals surface area contributed by atoms with Gasteiger partial charge in [0.2, 0.25) is 5.76 Å². The van der Waals surface area contributed by atoms with Gasteiger partial charge in [-0.05, 0) is 32.4 Å². The summed E-state index contributed by atoms with van der Waals surface area (Å²) in [4.78, 5) is 0.870. The lowest BCUT2D eigenvalue weighted by Gasteiger charge is -2.11. The van der Waals surface area contributed by atoms with Crippen LogP contribution < -0.4 is 4.72 Å². The Morgan fingerprint density at radius 3 is 2.37 bits per heavy atom. The largest absolute Gasteiger partial charge is 0.452 e. The maximum Gasteiger partial charge on any atom is 0.452 e. The number of para-hydroxylation sites is 1. The molecule has 0 radical (unpaired) electrons. The second-order valence-electron chi connectivity index (χ2n) is 5.91. The van der Waals surface area contributed by atoms with E-state index in [0.29, 0.717) is 27.1 Å². The second-order valence-corrected chi connectivity index (χ2v) is 8.96. The summed E-state index contributed by atoms with van der Waals surface area (Å²) >= 11 is 1.17. The van der Waals surface area contributed by atoms with Crippen LogP contribution in [-0.4, -0.2) is 13.6 Å². The predicted molar refractivity (Wildman–Crippen MR) is 96.3 cm³/mol. The first kappa shape index (κ1) is 19.4. The first-order chi connectivity index (χ1) is 12.5. The number of nitrogens with one attached hydrogen (secondary N) is 1. The minimum Gasteiger partial charge on any atom is -0.351 e. The standard InChI is InChI=1S/C17H15F3N2O3S2/c1-9-6-4-5-7-12(9)22-27(23,24)16-11(3)26-10(2)15(16)13-8-14(25-21-13)17(18,19)20/h4-8,22H,1-3H3. The lowest BCUT2D eigenvalue weighted by molar-refractivity contribution is -0.155. The summed E-state index contributed by atoms with van der Waals surface area (Å²) in [6, 6.07) is 7.52. The molecule has 0 bridgehead atoms. The molecule has 3 aromatic rings. The summed E-state index contributed by atoms with van der Waals surface area (Å²) < 4.78 is 71.4. The number of aromatic nitrogens is 1. The minimum atomic E-state index is -4.71. The summed E-state index contributed by atoms with van der Waals surface area (Å²) in [6.07, 6.45) is -4.71. The molecule has 0 saturated carbocycles. The molecule has 27 heavy (non-hydrogen) atoms. The third-order valence-electron chi connectivity index (χ3n) is 3.91. The second kappa shape index (κ2) is 6.68. The van der Waals surface area contributed by atoms with Crippen molar-refractivity contribution in [2.75, 3.05) is 4.72 Å². The number of benzene rings is 1. The molecule has 0 unspecified atom stereocenters. The SMILES string of the molecule is Cc1ccccc1NS(=O)(=O)c1c(C)sc(C)c1-c1cc(C(F)(F)F)on1. The van der Waals surface area contributed by atoms with Crippen molar-refractivity contribution in [3.8, 4) is 11.3 Å². The van der Waals surface area contributed by atoms with Gasteiger partial charge in [0.15, 0.2) is 0 Å². The van der Waals surface area contributed by atoms with Crippen molar-refractivity contribution < 1.29 is 26.1 Å². The highest BCUT2D eigenvalue weighted by Gasteiger charge is 2.37. The lowest BCUT2D eigenvalue weighted by Crippen LogP contribution is -2.15. The van der Waals surface area contributed by atoms with Gasteiger partial charge in [0.25, 0.3) is 10.0 Å². The van der Waals surface area contributed by atoms with Crippen molar-refractivity contribution in [1.82, 2.24) is 5.16 Å². The molecule has 0 amide bonds. The van der Waals surface area contributed by atoms with Crippen molar-refractivity contribution in [1.29, 1.82) is 0 Å². The molecule has 2 heterocycles. The number of sulfonamides is 1. The van der Waals surface area contributed by atoms with Crippen LogP contribution in [0.2, 0.25) is 0 Å². The van der Waals surface area contributed by atoms with E-state index in [2.05, 4.69) is 14.4 Å². The average molecular weight is 416 g/mol. The van der Waals surface area contributed by atoms with Crippen molar-refractivity contribution in [3.63, 3.8) is 0 Å². The minimum absolute atomic E-state index is 0.102. The molecule has 1 N–H and O–H groups in total. The number of aryl methyl sites for hydroxylation is 3. The van der Waals surface area contributed by atoms with E-state index < -0.39 is 22.0 Å². The van der Waals surface area contributed by atoms with Crippen molar-refractivity contribution >= 4 is 27.0 Å².